The zero-order valence-electron chi connectivity index (χ0n) is 10.7. The van der Waals surface area contributed by atoms with Crippen LogP contribution in [0.4, 0.5) is 15.8 Å². The Hall–Kier alpha value is -2.08. The zero-order chi connectivity index (χ0) is 14.4. The predicted molar refractivity (Wildman–Crippen MR) is 72.1 cm³/mol. The molecule has 19 heavy (non-hydrogen) atoms. The number of hydrogen-bond donors (Lipinski definition) is 2. The molecule has 0 amide bonds. The van der Waals surface area contributed by atoms with Gasteiger partial charge in [-0.1, -0.05) is 6.08 Å². The van der Waals surface area contributed by atoms with Gasteiger partial charge in [-0.25, -0.2) is 9.18 Å². The van der Waals surface area contributed by atoms with Crippen molar-refractivity contribution in [2.24, 2.45) is 0 Å². The number of carboxylic acid groups (broad SMARTS) is 1. The van der Waals surface area contributed by atoms with Crippen LogP contribution in [-0.2, 0) is 4.74 Å². The second-order valence-corrected chi connectivity index (χ2v) is 3.89. The highest BCUT2D eigenvalue weighted by molar-refractivity contribution is 6.00. The first kappa shape index (κ1) is 15.0. The highest BCUT2D eigenvalue weighted by Crippen LogP contribution is 2.28. The fourth-order valence-electron chi connectivity index (χ4n) is 1.74. The summed E-state index contributed by atoms with van der Waals surface area (Å²) in [6.45, 7) is 4.88. The molecular weight excluding hydrogens is 251 g/mol. The number of nitrogen functional groups attached to an aromatic ring is 1. The van der Waals surface area contributed by atoms with Crippen molar-refractivity contribution in [1.29, 1.82) is 0 Å². The Labute approximate surface area is 111 Å². The average Bonchev–Trinajstić information content (AvgIpc) is 2.37. The van der Waals surface area contributed by atoms with Crippen molar-refractivity contribution in [2.45, 2.75) is 0 Å². The van der Waals surface area contributed by atoms with Gasteiger partial charge in [0.05, 0.1) is 18.0 Å². The molecular formula is C13H17FN2O3. The van der Waals surface area contributed by atoms with Gasteiger partial charge < -0.3 is 20.5 Å². The third kappa shape index (κ3) is 3.45. The fraction of sp³-hybridized carbons (Fsp3) is 0.308. The van der Waals surface area contributed by atoms with E-state index in [1.807, 2.05) is 0 Å². The van der Waals surface area contributed by atoms with Gasteiger partial charge in [0, 0.05) is 20.2 Å². The van der Waals surface area contributed by atoms with Crippen molar-refractivity contribution < 1.29 is 19.0 Å². The Morgan fingerprint density at radius 1 is 1.63 bits per heavy atom. The lowest BCUT2D eigenvalue weighted by Gasteiger charge is -2.25. The maximum atomic E-state index is 13.4. The van der Waals surface area contributed by atoms with Crippen LogP contribution in [0, 0.1) is 5.82 Å². The minimum absolute atomic E-state index is 0.238. The number of benzene rings is 1. The summed E-state index contributed by atoms with van der Waals surface area (Å²) in [5, 5.41) is 9.18. The predicted octanol–water partition coefficient (Wildman–Crippen LogP) is 1.74. The first-order chi connectivity index (χ1) is 9.02. The van der Waals surface area contributed by atoms with E-state index >= 15 is 0 Å². The Kier molecular flexibility index (Phi) is 5.32. The molecule has 0 aliphatic rings. The summed E-state index contributed by atoms with van der Waals surface area (Å²) >= 11 is 0. The molecule has 5 nitrogen and oxygen atoms in total. The van der Waals surface area contributed by atoms with E-state index in [1.165, 1.54) is 6.07 Å². The van der Waals surface area contributed by atoms with Gasteiger partial charge in [0.1, 0.15) is 11.4 Å². The lowest BCUT2D eigenvalue weighted by Crippen LogP contribution is -2.29. The number of rotatable bonds is 7. The molecule has 0 aliphatic heterocycles. The Morgan fingerprint density at radius 3 is 2.84 bits per heavy atom. The quantitative estimate of drug-likeness (QED) is 0.582. The van der Waals surface area contributed by atoms with Crippen LogP contribution in [0.15, 0.2) is 24.8 Å². The number of ether oxygens (including phenoxy) is 1. The van der Waals surface area contributed by atoms with Crippen molar-refractivity contribution >= 4 is 17.3 Å². The third-order valence-electron chi connectivity index (χ3n) is 2.64. The summed E-state index contributed by atoms with van der Waals surface area (Å²) in [5.41, 5.74) is 5.26. The summed E-state index contributed by atoms with van der Waals surface area (Å²) < 4.78 is 18.3. The maximum Gasteiger partial charge on any atom is 0.340 e. The first-order valence-electron chi connectivity index (χ1n) is 5.69. The second-order valence-electron chi connectivity index (χ2n) is 3.89. The number of methoxy groups -OCH3 is 1. The highest BCUT2D eigenvalue weighted by atomic mass is 19.1. The Balaban J connectivity index is 3.24. The topological polar surface area (TPSA) is 75.8 Å². The fourth-order valence-corrected chi connectivity index (χ4v) is 1.74. The molecule has 1 aromatic carbocycles. The van der Waals surface area contributed by atoms with Gasteiger partial charge >= 0.3 is 5.97 Å². The SMILES string of the molecule is C=CCN(CCOC)c1ccc(F)c(N)c1C(=O)O. The van der Waals surface area contributed by atoms with Crippen LogP contribution in [-0.4, -0.2) is 37.9 Å². The molecule has 0 fully saturated rings. The molecule has 0 saturated heterocycles. The maximum absolute atomic E-state index is 13.4. The Morgan fingerprint density at radius 2 is 2.32 bits per heavy atom. The lowest BCUT2D eigenvalue weighted by molar-refractivity contribution is 0.0698. The van der Waals surface area contributed by atoms with Crippen molar-refractivity contribution in [3.8, 4) is 0 Å². The summed E-state index contributed by atoms with van der Waals surface area (Å²) in [6.07, 6.45) is 1.63. The molecule has 0 radical (unpaired) electrons. The molecule has 0 aliphatic carbocycles. The minimum atomic E-state index is -1.27. The van der Waals surface area contributed by atoms with Crippen molar-refractivity contribution in [3.05, 3.63) is 36.2 Å². The van der Waals surface area contributed by atoms with Crippen LogP contribution < -0.4 is 10.6 Å². The van der Waals surface area contributed by atoms with E-state index in [1.54, 1.807) is 18.1 Å². The zero-order valence-corrected chi connectivity index (χ0v) is 10.7. The smallest absolute Gasteiger partial charge is 0.340 e. The molecule has 0 heterocycles. The van der Waals surface area contributed by atoms with Gasteiger partial charge in [0.15, 0.2) is 0 Å². The minimum Gasteiger partial charge on any atom is -0.478 e. The number of nitrogens with zero attached hydrogens (tertiary/aromatic N) is 1. The monoisotopic (exact) mass is 268 g/mol. The van der Waals surface area contributed by atoms with Crippen LogP contribution in [0.25, 0.3) is 0 Å². The molecule has 0 aromatic heterocycles. The van der Waals surface area contributed by atoms with E-state index in [-0.39, 0.29) is 11.3 Å². The number of carbonyl (C=O) groups is 1. The van der Waals surface area contributed by atoms with Crippen molar-refractivity contribution in [3.63, 3.8) is 0 Å². The van der Waals surface area contributed by atoms with E-state index in [9.17, 15) is 14.3 Å². The van der Waals surface area contributed by atoms with E-state index in [0.29, 0.717) is 25.4 Å². The van der Waals surface area contributed by atoms with Gasteiger partial charge in [0.25, 0.3) is 0 Å². The first-order valence-corrected chi connectivity index (χ1v) is 5.69. The summed E-state index contributed by atoms with van der Waals surface area (Å²) in [6, 6.07) is 2.55. The summed E-state index contributed by atoms with van der Waals surface area (Å²) in [4.78, 5) is 13.0. The Bertz CT molecular complexity index is 477. The molecule has 0 unspecified atom stereocenters. The van der Waals surface area contributed by atoms with E-state index in [4.69, 9.17) is 10.5 Å². The summed E-state index contributed by atoms with van der Waals surface area (Å²) in [7, 11) is 1.54. The van der Waals surface area contributed by atoms with Crippen LogP contribution in [0.2, 0.25) is 0 Å². The molecule has 1 rings (SSSR count). The number of nitrogens with two attached hydrogens (primary N) is 1. The molecule has 1 aromatic rings. The van der Waals surface area contributed by atoms with Gasteiger partial charge in [-0.15, -0.1) is 6.58 Å². The van der Waals surface area contributed by atoms with Gasteiger partial charge in [0.2, 0.25) is 0 Å². The number of aromatic carboxylic acids is 1. The van der Waals surface area contributed by atoms with E-state index < -0.39 is 11.8 Å². The van der Waals surface area contributed by atoms with Crippen LogP contribution in [0.1, 0.15) is 10.4 Å². The number of hydrogen-bond acceptors (Lipinski definition) is 4. The number of carboxylic acids is 1. The number of anilines is 2. The standard InChI is InChI=1S/C13H17FN2O3/c1-3-6-16(7-8-19-2)10-5-4-9(14)12(15)11(10)13(17)18/h3-5H,1,6-8,15H2,2H3,(H,17,18). The largest absolute Gasteiger partial charge is 0.478 e. The molecule has 0 saturated carbocycles. The average molecular weight is 268 g/mol. The van der Waals surface area contributed by atoms with Crippen LogP contribution >= 0.6 is 0 Å². The number of halogens is 1. The van der Waals surface area contributed by atoms with E-state index in [2.05, 4.69) is 6.58 Å². The lowest BCUT2D eigenvalue weighted by atomic mass is 10.1. The second kappa shape index (κ2) is 6.75. The van der Waals surface area contributed by atoms with Crippen molar-refractivity contribution in [2.75, 3.05) is 37.4 Å². The normalized spacial score (nSPS) is 10.2. The molecule has 104 valence electrons. The molecule has 0 bridgehead atoms. The highest BCUT2D eigenvalue weighted by Gasteiger charge is 2.20. The molecule has 0 atom stereocenters. The van der Waals surface area contributed by atoms with Gasteiger partial charge in [-0.2, -0.15) is 0 Å². The molecule has 3 N–H and O–H groups in total. The van der Waals surface area contributed by atoms with Gasteiger partial charge in [-0.05, 0) is 12.1 Å². The summed E-state index contributed by atoms with van der Waals surface area (Å²) in [5.74, 6) is -2.01. The molecule has 6 heteroatoms. The van der Waals surface area contributed by atoms with E-state index in [0.717, 1.165) is 6.07 Å². The van der Waals surface area contributed by atoms with Crippen LogP contribution in [0.3, 0.4) is 0 Å². The molecule has 0 spiro atoms. The van der Waals surface area contributed by atoms with Gasteiger partial charge in [-0.3, -0.25) is 0 Å². The van der Waals surface area contributed by atoms with Crippen LogP contribution in [0.5, 0.6) is 0 Å². The third-order valence-corrected chi connectivity index (χ3v) is 2.64. The van der Waals surface area contributed by atoms with Crippen molar-refractivity contribution in [1.82, 2.24) is 0 Å².